The summed E-state index contributed by atoms with van der Waals surface area (Å²) in [5, 5.41) is 20.5. The van der Waals surface area contributed by atoms with Gasteiger partial charge in [-0.05, 0) is 16.8 Å². The second kappa shape index (κ2) is 8.31. The first-order chi connectivity index (χ1) is 14.2. The van der Waals surface area contributed by atoms with Crippen LogP contribution in [0.1, 0.15) is 21.5 Å². The van der Waals surface area contributed by atoms with Gasteiger partial charge in [0.15, 0.2) is 0 Å². The molecule has 0 fully saturated rings. The Morgan fingerprint density at radius 3 is 2.07 bits per heavy atom. The van der Waals surface area contributed by atoms with Crippen LogP contribution in [-0.4, -0.2) is 22.8 Å². The normalized spacial score (nSPS) is 11.8. The molecule has 0 bridgehead atoms. The topological polar surface area (TPSA) is 62.0 Å². The molecule has 140 valence electrons. The van der Waals surface area contributed by atoms with Gasteiger partial charge >= 0.3 is 0 Å². The van der Waals surface area contributed by atoms with Gasteiger partial charge < -0.3 is 5.11 Å². The molecule has 1 N–H and O–H groups in total. The molecule has 0 aromatic heterocycles. The lowest BCUT2D eigenvalue weighted by atomic mass is 10.0. The van der Waals surface area contributed by atoms with E-state index in [0.717, 1.165) is 10.8 Å². The van der Waals surface area contributed by atoms with E-state index in [1.165, 1.54) is 6.21 Å². The number of carbonyl (C=O) groups is 1. The maximum Gasteiger partial charge on any atom is 0.213 e. The van der Waals surface area contributed by atoms with Crippen molar-refractivity contribution >= 4 is 28.5 Å². The van der Waals surface area contributed by atoms with Crippen LogP contribution in [0.4, 0.5) is 0 Å². The fourth-order valence-electron chi connectivity index (χ4n) is 3.12. The Bertz CT molecular complexity index is 1210. The number of Topliss-reactive ketones (excluding diaryl/α,β-unsaturated/α-hetero) is 1. The van der Waals surface area contributed by atoms with Crippen molar-refractivity contribution in [2.75, 3.05) is 0 Å². The minimum absolute atomic E-state index is 0.110. The van der Waals surface area contributed by atoms with Crippen LogP contribution in [0.3, 0.4) is 0 Å². The van der Waals surface area contributed by atoms with E-state index in [4.69, 9.17) is 0 Å². The molecular weight excluding hydrogens is 360 g/mol. The zero-order valence-electron chi connectivity index (χ0n) is 15.6. The third-order valence-corrected chi connectivity index (χ3v) is 4.59. The van der Waals surface area contributed by atoms with E-state index >= 15 is 0 Å². The number of phenols is 1. The van der Waals surface area contributed by atoms with Gasteiger partial charge in [-0.25, -0.2) is 0 Å². The molecule has 0 saturated carbocycles. The molecule has 4 aromatic rings. The Balaban J connectivity index is 1.77. The number of carbonyl (C=O) groups excluding carboxylic acids is 1. The quantitative estimate of drug-likeness (QED) is 0.293. The molecule has 4 heteroatoms. The molecule has 0 heterocycles. The van der Waals surface area contributed by atoms with Gasteiger partial charge in [0.1, 0.15) is 11.5 Å². The summed E-state index contributed by atoms with van der Waals surface area (Å²) < 4.78 is 0. The average Bonchev–Trinajstić information content (AvgIpc) is 2.79. The lowest BCUT2D eigenvalue weighted by Crippen LogP contribution is -2.15. The van der Waals surface area contributed by atoms with E-state index in [9.17, 15) is 9.90 Å². The third kappa shape index (κ3) is 3.96. The zero-order chi connectivity index (χ0) is 20.1. The molecule has 0 saturated heterocycles. The summed E-state index contributed by atoms with van der Waals surface area (Å²) in [4.78, 5) is 13.0. The van der Waals surface area contributed by atoms with Crippen molar-refractivity contribution in [2.24, 2.45) is 10.2 Å². The number of hydrogen-bond acceptors (Lipinski definition) is 4. The summed E-state index contributed by atoms with van der Waals surface area (Å²) in [7, 11) is 0. The molecule has 0 aliphatic heterocycles. The number of ketones is 1. The first kappa shape index (κ1) is 18.3. The van der Waals surface area contributed by atoms with Crippen LogP contribution in [0, 0.1) is 0 Å². The van der Waals surface area contributed by atoms with Gasteiger partial charge in [-0.15, -0.1) is 5.10 Å². The first-order valence-electron chi connectivity index (χ1n) is 9.21. The fraction of sp³-hybridized carbons (Fsp3) is 0. The predicted octanol–water partition coefficient (Wildman–Crippen LogP) is 5.25. The standard InChI is InChI=1S/C25H18N2O2/c28-23-16-15-18-9-7-8-14-21(18)22(23)17-26-27-24(19-10-3-1-4-11-19)25(29)20-12-5-2-6-13-20/h1-17,28H/b26-17-,27-24+. The van der Waals surface area contributed by atoms with Crippen molar-refractivity contribution in [3.8, 4) is 5.75 Å². The minimum atomic E-state index is -0.212. The third-order valence-electron chi connectivity index (χ3n) is 4.59. The van der Waals surface area contributed by atoms with Crippen LogP contribution < -0.4 is 0 Å². The highest BCUT2D eigenvalue weighted by atomic mass is 16.3. The number of rotatable bonds is 5. The molecule has 0 radical (unpaired) electrons. The maximum absolute atomic E-state index is 13.0. The van der Waals surface area contributed by atoms with Gasteiger partial charge in [0.05, 0.1) is 6.21 Å². The molecule has 29 heavy (non-hydrogen) atoms. The van der Waals surface area contributed by atoms with Gasteiger partial charge in [0.25, 0.3) is 0 Å². The van der Waals surface area contributed by atoms with E-state index in [2.05, 4.69) is 10.2 Å². The fourth-order valence-corrected chi connectivity index (χ4v) is 3.12. The smallest absolute Gasteiger partial charge is 0.213 e. The SMILES string of the molecule is O=C(/C(=N/N=C\c1c(O)ccc2ccccc12)c1ccccc1)c1ccccc1. The van der Waals surface area contributed by atoms with E-state index in [1.807, 2.05) is 78.9 Å². The number of nitrogens with zero attached hydrogens (tertiary/aromatic N) is 2. The first-order valence-corrected chi connectivity index (χ1v) is 9.21. The molecule has 0 aliphatic carbocycles. The number of hydrogen-bond donors (Lipinski definition) is 1. The molecule has 4 aromatic carbocycles. The van der Waals surface area contributed by atoms with Crippen LogP contribution in [0.5, 0.6) is 5.75 Å². The van der Waals surface area contributed by atoms with E-state index < -0.39 is 0 Å². The van der Waals surface area contributed by atoms with Crippen molar-refractivity contribution in [2.45, 2.75) is 0 Å². The summed E-state index contributed by atoms with van der Waals surface area (Å²) in [5.74, 6) is -0.102. The summed E-state index contributed by atoms with van der Waals surface area (Å²) in [6, 6.07) is 29.4. The highest BCUT2D eigenvalue weighted by Gasteiger charge is 2.16. The van der Waals surface area contributed by atoms with Crippen molar-refractivity contribution in [1.29, 1.82) is 0 Å². The van der Waals surface area contributed by atoms with Crippen LogP contribution in [0.2, 0.25) is 0 Å². The molecule has 0 amide bonds. The van der Waals surface area contributed by atoms with E-state index in [-0.39, 0.29) is 17.2 Å². The highest BCUT2D eigenvalue weighted by Crippen LogP contribution is 2.25. The number of aromatic hydroxyl groups is 1. The summed E-state index contributed by atoms with van der Waals surface area (Å²) in [6.07, 6.45) is 1.48. The predicted molar refractivity (Wildman–Crippen MR) is 117 cm³/mol. The second-order valence-electron chi connectivity index (χ2n) is 6.47. The van der Waals surface area contributed by atoms with Crippen molar-refractivity contribution < 1.29 is 9.90 Å². The Hall–Kier alpha value is -4.05. The number of phenolic OH excluding ortho intramolecular Hbond substituents is 1. The Labute approximate surface area is 168 Å². The lowest BCUT2D eigenvalue weighted by molar-refractivity contribution is 0.106. The van der Waals surface area contributed by atoms with E-state index in [0.29, 0.717) is 16.7 Å². The molecule has 0 atom stereocenters. The maximum atomic E-state index is 13.0. The van der Waals surface area contributed by atoms with Gasteiger partial charge in [-0.1, -0.05) is 91.0 Å². The van der Waals surface area contributed by atoms with Crippen molar-refractivity contribution in [3.63, 3.8) is 0 Å². The lowest BCUT2D eigenvalue weighted by Gasteiger charge is -2.05. The van der Waals surface area contributed by atoms with Gasteiger partial charge in [0, 0.05) is 16.7 Å². The molecular formula is C25H18N2O2. The van der Waals surface area contributed by atoms with Crippen LogP contribution >= 0.6 is 0 Å². The largest absolute Gasteiger partial charge is 0.507 e. The van der Waals surface area contributed by atoms with Crippen LogP contribution in [0.25, 0.3) is 10.8 Å². The van der Waals surface area contributed by atoms with Gasteiger partial charge in [-0.2, -0.15) is 5.10 Å². The Kier molecular flexibility index (Phi) is 5.25. The van der Waals surface area contributed by atoms with Gasteiger partial charge in [0.2, 0.25) is 5.78 Å². The minimum Gasteiger partial charge on any atom is -0.507 e. The van der Waals surface area contributed by atoms with Crippen LogP contribution in [0.15, 0.2) is 107 Å². The Morgan fingerprint density at radius 1 is 0.724 bits per heavy atom. The summed E-state index contributed by atoms with van der Waals surface area (Å²) in [6.45, 7) is 0. The average molecular weight is 378 g/mol. The van der Waals surface area contributed by atoms with E-state index in [1.54, 1.807) is 18.2 Å². The zero-order valence-corrected chi connectivity index (χ0v) is 15.6. The molecule has 0 spiro atoms. The monoisotopic (exact) mass is 378 g/mol. The van der Waals surface area contributed by atoms with Gasteiger partial charge in [-0.3, -0.25) is 4.79 Å². The van der Waals surface area contributed by atoms with Crippen molar-refractivity contribution in [3.05, 3.63) is 114 Å². The summed E-state index contributed by atoms with van der Waals surface area (Å²) >= 11 is 0. The summed E-state index contributed by atoms with van der Waals surface area (Å²) in [5.41, 5.74) is 2.03. The molecule has 4 rings (SSSR count). The number of benzene rings is 4. The van der Waals surface area contributed by atoms with Crippen LogP contribution in [-0.2, 0) is 0 Å². The Morgan fingerprint density at radius 2 is 1.34 bits per heavy atom. The highest BCUT2D eigenvalue weighted by molar-refractivity contribution is 6.51. The second-order valence-corrected chi connectivity index (χ2v) is 6.47. The van der Waals surface area contributed by atoms with Crippen molar-refractivity contribution in [1.82, 2.24) is 0 Å². The molecule has 0 aliphatic rings. The number of fused-ring (bicyclic) bond motifs is 1. The molecule has 0 unspecified atom stereocenters. The molecule has 4 nitrogen and oxygen atoms in total.